The number of hydrogen-bond donors (Lipinski definition) is 2. The van der Waals surface area contributed by atoms with Crippen LogP contribution in [0, 0.1) is 0 Å². The van der Waals surface area contributed by atoms with Crippen LogP contribution in [0.4, 0.5) is 4.79 Å². The van der Waals surface area contributed by atoms with Crippen LogP contribution in [0.15, 0.2) is 29.1 Å². The molecule has 0 bridgehead atoms. The minimum Gasteiger partial charge on any atom is -0.458 e. The number of ether oxygens (including phenoxy) is 2. The van der Waals surface area contributed by atoms with Crippen LogP contribution in [0.3, 0.4) is 0 Å². The Balaban J connectivity index is 0.00000208. The SMILES string of the molecule is CCc1c2c(nc3ccc(OC(=O)N4CCC(N5CCCCC5)CC4)cc13)-c1cc3c(c(=O)n1C2O)COC(=O)[C@]3(O)CC.Cl.Cl. The molecule has 11 nitrogen and oxygen atoms in total. The van der Waals surface area contributed by atoms with Crippen LogP contribution >= 0.6 is 24.8 Å². The summed E-state index contributed by atoms with van der Waals surface area (Å²) in [7, 11) is 0. The lowest BCUT2D eigenvalue weighted by Gasteiger charge is -2.39. The molecule has 0 spiro atoms. The zero-order valence-corrected chi connectivity index (χ0v) is 27.6. The van der Waals surface area contributed by atoms with Gasteiger partial charge in [0.25, 0.3) is 5.56 Å². The molecule has 7 rings (SSSR count). The van der Waals surface area contributed by atoms with E-state index >= 15 is 0 Å². The van der Waals surface area contributed by atoms with Crippen LogP contribution in [0.2, 0.25) is 0 Å². The van der Waals surface area contributed by atoms with Gasteiger partial charge in [-0.3, -0.25) is 9.36 Å². The molecule has 4 aliphatic heterocycles. The summed E-state index contributed by atoms with van der Waals surface area (Å²) >= 11 is 0. The van der Waals surface area contributed by atoms with Crippen LogP contribution in [0.5, 0.6) is 5.75 Å². The number of cyclic esters (lactones) is 1. The number of aliphatic hydroxyl groups excluding tert-OH is 1. The maximum Gasteiger partial charge on any atom is 0.415 e. The molecule has 2 fully saturated rings. The lowest BCUT2D eigenvalue weighted by Crippen LogP contribution is -2.48. The Morgan fingerprint density at radius 1 is 1.07 bits per heavy atom. The number of aromatic nitrogens is 2. The molecule has 4 aliphatic rings. The molecule has 2 aromatic heterocycles. The minimum absolute atomic E-state index is 0. The standard InChI is InChI=1S/C33H38N4O7.2ClH/c1-3-21-22-16-20(44-32(41)36-14-10-19(11-15-36)35-12-6-5-7-13-35)8-9-25(22)34-28-26-17-24-23(18-43-31(40)33(24,42)4-2)29(38)37(26)30(39)27(21)28;;/h8-9,16-17,19,30,39,42H,3-7,10-15,18H2,1-2H3;2*1H/t30?,33-;;/m0../s1. The second kappa shape index (κ2) is 13.1. The van der Waals surface area contributed by atoms with Gasteiger partial charge in [0.2, 0.25) is 0 Å². The summed E-state index contributed by atoms with van der Waals surface area (Å²) in [5.41, 5.74) is 0.453. The normalized spacial score (nSPS) is 22.7. The number of aryl methyl sites for hydroxylation is 1. The highest BCUT2D eigenvalue weighted by Gasteiger charge is 2.46. The highest BCUT2D eigenvalue weighted by molar-refractivity contribution is 5.90. The first-order valence-corrected chi connectivity index (χ1v) is 15.8. The smallest absolute Gasteiger partial charge is 0.415 e. The lowest BCUT2D eigenvalue weighted by molar-refractivity contribution is -0.172. The number of piperidine rings is 2. The van der Waals surface area contributed by atoms with Gasteiger partial charge in [-0.1, -0.05) is 20.3 Å². The summed E-state index contributed by atoms with van der Waals surface area (Å²) in [5, 5.41) is 23.4. The second-order valence-corrected chi connectivity index (χ2v) is 12.3. The molecule has 248 valence electrons. The number of halogens is 2. The molecule has 1 amide bonds. The fourth-order valence-corrected chi connectivity index (χ4v) is 7.53. The summed E-state index contributed by atoms with van der Waals surface area (Å²) in [5.74, 6) is -0.414. The number of fused-ring (bicyclic) bond motifs is 5. The highest BCUT2D eigenvalue weighted by Crippen LogP contribution is 2.44. The first-order chi connectivity index (χ1) is 21.2. The van der Waals surface area contributed by atoms with Crippen molar-refractivity contribution in [2.45, 2.75) is 83.3 Å². The number of pyridine rings is 2. The van der Waals surface area contributed by atoms with E-state index in [-0.39, 0.29) is 55.1 Å². The Labute approximate surface area is 279 Å². The average Bonchev–Trinajstić information content (AvgIpc) is 3.33. The zero-order chi connectivity index (χ0) is 30.7. The van der Waals surface area contributed by atoms with Crippen molar-refractivity contribution < 1.29 is 29.3 Å². The van der Waals surface area contributed by atoms with E-state index in [0.29, 0.717) is 59.2 Å². The third-order valence-corrected chi connectivity index (χ3v) is 10.0. The molecule has 1 unspecified atom stereocenters. The molecule has 13 heteroatoms. The summed E-state index contributed by atoms with van der Waals surface area (Å²) in [4.78, 5) is 48.4. The van der Waals surface area contributed by atoms with Gasteiger partial charge >= 0.3 is 12.1 Å². The quantitative estimate of drug-likeness (QED) is 0.386. The van der Waals surface area contributed by atoms with Crippen LogP contribution < -0.4 is 10.3 Å². The number of rotatable bonds is 4. The van der Waals surface area contributed by atoms with Gasteiger partial charge in [-0.05, 0) is 81.4 Å². The Bertz CT molecular complexity index is 1730. The van der Waals surface area contributed by atoms with Crippen molar-refractivity contribution in [3.63, 3.8) is 0 Å². The van der Waals surface area contributed by atoms with E-state index < -0.39 is 23.4 Å². The lowest BCUT2D eigenvalue weighted by atomic mass is 9.86. The number of nitrogens with zero attached hydrogens (tertiary/aromatic N) is 4. The topological polar surface area (TPSA) is 134 Å². The Morgan fingerprint density at radius 2 is 1.78 bits per heavy atom. The summed E-state index contributed by atoms with van der Waals surface area (Å²) < 4.78 is 12.2. The van der Waals surface area contributed by atoms with Crippen molar-refractivity contribution in [1.29, 1.82) is 0 Å². The predicted molar refractivity (Wildman–Crippen MR) is 176 cm³/mol. The van der Waals surface area contributed by atoms with Gasteiger partial charge in [-0.15, -0.1) is 24.8 Å². The number of carbonyl (C=O) groups excluding carboxylic acids is 2. The number of likely N-dealkylation sites (tertiary alicyclic amines) is 2. The molecule has 0 radical (unpaired) electrons. The van der Waals surface area contributed by atoms with E-state index in [1.165, 1.54) is 23.8 Å². The molecule has 2 saturated heterocycles. The van der Waals surface area contributed by atoms with Crippen molar-refractivity contribution >= 4 is 47.8 Å². The number of aliphatic hydroxyl groups is 2. The maximum atomic E-state index is 13.6. The summed E-state index contributed by atoms with van der Waals surface area (Å²) in [6.07, 6.45) is 4.55. The van der Waals surface area contributed by atoms with Gasteiger partial charge in [0.05, 0.1) is 22.5 Å². The van der Waals surface area contributed by atoms with Crippen molar-refractivity contribution in [2.24, 2.45) is 0 Å². The molecule has 1 aromatic carbocycles. The molecule has 2 atom stereocenters. The Kier molecular flexibility index (Phi) is 9.73. The molecule has 3 aromatic rings. The number of amides is 1. The fraction of sp³-hybridized carbons (Fsp3) is 0.515. The number of esters is 1. The van der Waals surface area contributed by atoms with E-state index in [1.807, 2.05) is 6.92 Å². The average molecular weight is 676 g/mol. The number of benzene rings is 1. The third-order valence-electron chi connectivity index (χ3n) is 10.0. The van der Waals surface area contributed by atoms with Gasteiger partial charge in [0.1, 0.15) is 12.4 Å². The van der Waals surface area contributed by atoms with Crippen molar-refractivity contribution in [3.8, 4) is 17.1 Å². The zero-order valence-electron chi connectivity index (χ0n) is 26.0. The van der Waals surface area contributed by atoms with Gasteiger partial charge in [0.15, 0.2) is 11.8 Å². The van der Waals surface area contributed by atoms with Gasteiger partial charge < -0.3 is 29.5 Å². The van der Waals surface area contributed by atoms with E-state index in [4.69, 9.17) is 14.5 Å². The summed E-state index contributed by atoms with van der Waals surface area (Å²) in [6, 6.07) is 7.35. The van der Waals surface area contributed by atoms with Crippen molar-refractivity contribution in [1.82, 2.24) is 19.4 Å². The Hall–Kier alpha value is -3.22. The van der Waals surface area contributed by atoms with Crippen LogP contribution in [-0.4, -0.2) is 73.8 Å². The maximum absolute atomic E-state index is 13.6. The molecular weight excluding hydrogens is 635 g/mol. The third kappa shape index (κ3) is 5.35. The van der Waals surface area contributed by atoms with E-state index in [9.17, 15) is 24.6 Å². The first-order valence-electron chi connectivity index (χ1n) is 15.8. The Morgan fingerprint density at radius 3 is 2.46 bits per heavy atom. The second-order valence-electron chi connectivity index (χ2n) is 12.3. The molecule has 0 saturated carbocycles. The highest BCUT2D eigenvalue weighted by atomic mass is 35.5. The largest absolute Gasteiger partial charge is 0.458 e. The van der Waals surface area contributed by atoms with Crippen molar-refractivity contribution in [3.05, 3.63) is 56.9 Å². The molecule has 2 N–H and O–H groups in total. The van der Waals surface area contributed by atoms with Gasteiger partial charge in [0, 0.05) is 35.6 Å². The predicted octanol–water partition coefficient (Wildman–Crippen LogP) is 4.43. The summed E-state index contributed by atoms with van der Waals surface area (Å²) in [6.45, 7) is 6.94. The number of carbonyl (C=O) groups is 2. The van der Waals surface area contributed by atoms with Gasteiger partial charge in [-0.2, -0.15) is 0 Å². The first kappa shape index (κ1) is 34.1. The molecular formula is C33H40Cl2N4O7. The van der Waals surface area contributed by atoms with E-state index in [1.54, 1.807) is 36.1 Å². The van der Waals surface area contributed by atoms with Crippen LogP contribution in [-0.2, 0) is 28.2 Å². The fourth-order valence-electron chi connectivity index (χ4n) is 7.53. The van der Waals surface area contributed by atoms with Gasteiger partial charge in [-0.25, -0.2) is 14.6 Å². The van der Waals surface area contributed by atoms with E-state index in [0.717, 1.165) is 31.5 Å². The monoisotopic (exact) mass is 674 g/mol. The minimum atomic E-state index is -1.96. The molecule has 46 heavy (non-hydrogen) atoms. The molecule has 0 aliphatic carbocycles. The van der Waals surface area contributed by atoms with Crippen LogP contribution in [0.1, 0.15) is 80.9 Å². The molecule has 6 heterocycles. The van der Waals surface area contributed by atoms with Crippen LogP contribution in [0.25, 0.3) is 22.3 Å². The number of hydrogen-bond acceptors (Lipinski definition) is 9. The van der Waals surface area contributed by atoms with Crippen molar-refractivity contribution in [2.75, 3.05) is 26.2 Å². The van der Waals surface area contributed by atoms with E-state index in [2.05, 4.69) is 4.90 Å².